The highest BCUT2D eigenvalue weighted by Crippen LogP contribution is 2.37. The summed E-state index contributed by atoms with van der Waals surface area (Å²) in [6.07, 6.45) is 0.935. The summed E-state index contributed by atoms with van der Waals surface area (Å²) < 4.78 is 15.8. The van der Waals surface area contributed by atoms with Gasteiger partial charge in [0.2, 0.25) is 12.7 Å². The quantitative estimate of drug-likeness (QED) is 0.745. The van der Waals surface area contributed by atoms with Crippen LogP contribution in [0.4, 0.5) is 0 Å². The van der Waals surface area contributed by atoms with Gasteiger partial charge in [0.15, 0.2) is 17.8 Å². The lowest BCUT2D eigenvalue weighted by atomic mass is 10.2. The summed E-state index contributed by atoms with van der Waals surface area (Å²) in [6.45, 7) is 0.341. The first-order chi connectivity index (χ1) is 9.11. The van der Waals surface area contributed by atoms with Crippen LogP contribution < -0.4 is 14.2 Å². The molecule has 0 aromatic heterocycles. The van der Waals surface area contributed by atoms with Crippen molar-refractivity contribution in [1.82, 2.24) is 4.90 Å². The van der Waals surface area contributed by atoms with Crippen molar-refractivity contribution in [2.24, 2.45) is 0 Å². The van der Waals surface area contributed by atoms with Gasteiger partial charge in [-0.25, -0.2) is 0 Å². The highest BCUT2D eigenvalue weighted by molar-refractivity contribution is 5.81. The lowest BCUT2D eigenvalue weighted by Crippen LogP contribution is -2.23. The summed E-state index contributed by atoms with van der Waals surface area (Å²) in [4.78, 5) is 23.9. The summed E-state index contributed by atoms with van der Waals surface area (Å²) in [7, 11) is 3.36. The molecule has 102 valence electrons. The Morgan fingerprint density at radius 2 is 2.05 bits per heavy atom. The van der Waals surface area contributed by atoms with Crippen molar-refractivity contribution >= 4 is 12.2 Å². The molecule has 1 aromatic carbocycles. The molecule has 0 fully saturated rings. The van der Waals surface area contributed by atoms with Crippen molar-refractivity contribution < 1.29 is 23.8 Å². The van der Waals surface area contributed by atoms with E-state index in [1.165, 1.54) is 4.90 Å². The number of nitrogens with zero attached hydrogens (tertiary/aromatic N) is 1. The Labute approximate surface area is 110 Å². The molecule has 0 spiro atoms. The number of hydrogen-bond acceptors (Lipinski definition) is 5. The van der Waals surface area contributed by atoms with Gasteiger partial charge in [0, 0.05) is 20.2 Å². The largest absolute Gasteiger partial charge is 0.492 e. The van der Waals surface area contributed by atoms with Gasteiger partial charge in [0.1, 0.15) is 5.75 Å². The molecular formula is C13H15NO5. The molecule has 0 saturated heterocycles. The van der Waals surface area contributed by atoms with E-state index < -0.39 is 0 Å². The van der Waals surface area contributed by atoms with E-state index in [0.29, 0.717) is 29.1 Å². The minimum Gasteiger partial charge on any atom is -0.492 e. The molecule has 0 atom stereocenters. The molecule has 6 heteroatoms. The molecule has 1 aliphatic heterocycles. The van der Waals surface area contributed by atoms with E-state index in [1.807, 2.05) is 0 Å². The third-order valence-electron chi connectivity index (χ3n) is 2.70. The van der Waals surface area contributed by atoms with Crippen molar-refractivity contribution in [1.29, 1.82) is 0 Å². The fraction of sp³-hybridized carbons (Fsp3) is 0.385. The van der Waals surface area contributed by atoms with E-state index in [0.717, 1.165) is 0 Å². The maximum Gasteiger partial charge on any atom is 0.231 e. The summed E-state index contributed by atoms with van der Waals surface area (Å²) in [6, 6.07) is 3.17. The van der Waals surface area contributed by atoms with Crippen LogP contribution in [0.25, 0.3) is 0 Å². The molecule has 1 heterocycles. The highest BCUT2D eigenvalue weighted by atomic mass is 16.7. The molecule has 0 N–H and O–H groups in total. The van der Waals surface area contributed by atoms with Crippen LogP contribution in [0, 0.1) is 0 Å². The summed E-state index contributed by atoms with van der Waals surface area (Å²) in [5.74, 6) is 1.43. The van der Waals surface area contributed by atoms with Gasteiger partial charge in [-0.3, -0.25) is 9.59 Å². The van der Waals surface area contributed by atoms with Crippen molar-refractivity contribution in [3.8, 4) is 17.2 Å². The smallest absolute Gasteiger partial charge is 0.231 e. The molecule has 1 aliphatic rings. The van der Waals surface area contributed by atoms with Crippen molar-refractivity contribution in [3.05, 3.63) is 17.7 Å². The minimum atomic E-state index is -0.0339. The second-order valence-corrected chi connectivity index (χ2v) is 4.25. The van der Waals surface area contributed by atoms with Gasteiger partial charge in [-0.1, -0.05) is 0 Å². The number of aldehydes is 1. The number of fused-ring (bicyclic) bond motifs is 1. The lowest BCUT2D eigenvalue weighted by Gasteiger charge is -2.12. The van der Waals surface area contributed by atoms with Crippen molar-refractivity contribution in [3.63, 3.8) is 0 Å². The van der Waals surface area contributed by atoms with Crippen LogP contribution in [0.5, 0.6) is 17.2 Å². The normalized spacial score (nSPS) is 12.1. The Kier molecular flexibility index (Phi) is 3.89. The Morgan fingerprint density at radius 1 is 1.37 bits per heavy atom. The number of hydrogen-bond donors (Lipinski definition) is 0. The molecule has 0 radical (unpaired) electrons. The van der Waals surface area contributed by atoms with Crippen molar-refractivity contribution in [2.75, 3.05) is 27.5 Å². The third-order valence-corrected chi connectivity index (χ3v) is 2.70. The number of carbonyl (C=O) groups excluding carboxylic acids is 2. The van der Waals surface area contributed by atoms with E-state index in [-0.39, 0.29) is 25.7 Å². The number of ether oxygens (including phenoxy) is 3. The zero-order valence-electron chi connectivity index (χ0n) is 10.8. The molecule has 0 saturated carbocycles. The van der Waals surface area contributed by atoms with Crippen LogP contribution in [-0.4, -0.2) is 44.6 Å². The van der Waals surface area contributed by atoms with Gasteiger partial charge in [-0.05, 0) is 6.07 Å². The number of rotatable bonds is 5. The second kappa shape index (κ2) is 5.60. The minimum absolute atomic E-state index is 0.0339. The highest BCUT2D eigenvalue weighted by Gasteiger charge is 2.18. The van der Waals surface area contributed by atoms with Gasteiger partial charge in [-0.15, -0.1) is 0 Å². The summed E-state index contributed by atoms with van der Waals surface area (Å²) in [5.41, 5.74) is 0.376. The van der Waals surface area contributed by atoms with Crippen molar-refractivity contribution in [2.45, 2.75) is 6.42 Å². The molecule has 0 bridgehead atoms. The Balaban J connectivity index is 2.03. The fourth-order valence-electron chi connectivity index (χ4n) is 1.63. The fourth-order valence-corrected chi connectivity index (χ4v) is 1.63. The standard InChI is InChI=1S/C13H15NO5/c1-14(2)13(16)3-4-17-10-6-12-11(18-8-19-12)5-9(10)7-15/h5-7H,3-4,8H2,1-2H3. The summed E-state index contributed by atoms with van der Waals surface area (Å²) in [5, 5.41) is 0. The summed E-state index contributed by atoms with van der Waals surface area (Å²) >= 11 is 0. The first kappa shape index (κ1) is 13.2. The van der Waals surface area contributed by atoms with Gasteiger partial charge in [-0.2, -0.15) is 0 Å². The molecule has 19 heavy (non-hydrogen) atoms. The Morgan fingerprint density at radius 3 is 2.68 bits per heavy atom. The van der Waals surface area contributed by atoms with Crippen LogP contribution in [0.2, 0.25) is 0 Å². The van der Waals surface area contributed by atoms with Crippen LogP contribution >= 0.6 is 0 Å². The monoisotopic (exact) mass is 265 g/mol. The molecule has 2 rings (SSSR count). The molecule has 1 amide bonds. The number of benzene rings is 1. The predicted octanol–water partition coefficient (Wildman–Crippen LogP) is 1.08. The lowest BCUT2D eigenvalue weighted by molar-refractivity contribution is -0.129. The first-order valence-electron chi connectivity index (χ1n) is 5.83. The molecule has 0 unspecified atom stereocenters. The van der Waals surface area contributed by atoms with E-state index in [1.54, 1.807) is 26.2 Å². The van der Waals surface area contributed by atoms with Crippen LogP contribution in [0.1, 0.15) is 16.8 Å². The van der Waals surface area contributed by atoms with Gasteiger partial charge >= 0.3 is 0 Å². The molecule has 1 aromatic rings. The first-order valence-corrected chi connectivity index (χ1v) is 5.83. The van der Waals surface area contributed by atoms with Gasteiger partial charge in [0.05, 0.1) is 18.6 Å². The molecular weight excluding hydrogens is 250 g/mol. The average Bonchev–Trinajstić information content (AvgIpc) is 2.84. The number of amides is 1. The Bertz CT molecular complexity index is 498. The SMILES string of the molecule is CN(C)C(=O)CCOc1cc2c(cc1C=O)OCO2. The third kappa shape index (κ3) is 2.96. The van der Waals surface area contributed by atoms with E-state index in [2.05, 4.69) is 0 Å². The predicted molar refractivity (Wildman–Crippen MR) is 66.8 cm³/mol. The number of carbonyl (C=O) groups is 2. The van der Waals surface area contributed by atoms with Crippen LogP contribution in [-0.2, 0) is 4.79 Å². The van der Waals surface area contributed by atoms with E-state index in [9.17, 15) is 9.59 Å². The van der Waals surface area contributed by atoms with E-state index >= 15 is 0 Å². The molecule has 6 nitrogen and oxygen atoms in total. The van der Waals surface area contributed by atoms with Crippen LogP contribution in [0.15, 0.2) is 12.1 Å². The van der Waals surface area contributed by atoms with Gasteiger partial charge in [0.25, 0.3) is 0 Å². The van der Waals surface area contributed by atoms with E-state index in [4.69, 9.17) is 14.2 Å². The van der Waals surface area contributed by atoms with Gasteiger partial charge < -0.3 is 19.1 Å². The Hall–Kier alpha value is -2.24. The second-order valence-electron chi connectivity index (χ2n) is 4.25. The topological polar surface area (TPSA) is 65.1 Å². The zero-order chi connectivity index (χ0) is 13.8. The maximum atomic E-state index is 11.4. The molecule has 0 aliphatic carbocycles. The average molecular weight is 265 g/mol. The zero-order valence-corrected chi connectivity index (χ0v) is 10.8. The maximum absolute atomic E-state index is 11.4. The van der Waals surface area contributed by atoms with Crippen LogP contribution in [0.3, 0.4) is 0 Å².